The number of imidazole rings is 1. The summed E-state index contributed by atoms with van der Waals surface area (Å²) in [5, 5.41) is 1.75. The molecule has 3 aromatic rings. The van der Waals surface area contributed by atoms with Crippen molar-refractivity contribution in [2.75, 3.05) is 0 Å². The third-order valence-corrected chi connectivity index (χ3v) is 3.17. The molecule has 0 spiro atoms. The van der Waals surface area contributed by atoms with Crippen LogP contribution in [0.4, 0.5) is 0 Å². The van der Waals surface area contributed by atoms with Crippen molar-refractivity contribution in [2.45, 2.75) is 6.92 Å². The molecule has 17 heavy (non-hydrogen) atoms. The van der Waals surface area contributed by atoms with Gasteiger partial charge in [-0.25, -0.2) is 9.97 Å². The lowest BCUT2D eigenvalue weighted by atomic mass is 10.3. The second kappa shape index (κ2) is 3.78. The summed E-state index contributed by atoms with van der Waals surface area (Å²) in [5.74, 6) is 0.557. The minimum Gasteiger partial charge on any atom is -0.266 e. The van der Waals surface area contributed by atoms with Gasteiger partial charge in [0.05, 0.1) is 16.5 Å². The lowest BCUT2D eigenvalue weighted by Gasteiger charge is -2.02. The summed E-state index contributed by atoms with van der Waals surface area (Å²) < 4.78 is 1.60. The molecule has 0 amide bonds. The summed E-state index contributed by atoms with van der Waals surface area (Å²) in [4.78, 5) is 20.7. The standard InChI is InChI=1S/C12H9N3OS/c1-8-14-9-4-2-3-5-11(9)15(8)12(16)10-6-17-7-13-10/h2-7H,1H3. The third-order valence-electron chi connectivity index (χ3n) is 2.58. The first-order valence-electron chi connectivity index (χ1n) is 5.14. The van der Waals surface area contributed by atoms with E-state index in [0.717, 1.165) is 11.0 Å². The molecule has 2 aromatic heterocycles. The maximum Gasteiger partial charge on any atom is 0.283 e. The topological polar surface area (TPSA) is 47.8 Å². The van der Waals surface area contributed by atoms with Crippen molar-refractivity contribution >= 4 is 28.3 Å². The summed E-state index contributed by atoms with van der Waals surface area (Å²) in [7, 11) is 0. The van der Waals surface area contributed by atoms with Crippen LogP contribution in [0.25, 0.3) is 11.0 Å². The predicted octanol–water partition coefficient (Wildman–Crippen LogP) is 2.49. The van der Waals surface area contributed by atoms with Crippen molar-refractivity contribution in [3.8, 4) is 0 Å². The monoisotopic (exact) mass is 243 g/mol. The Morgan fingerprint density at radius 3 is 2.94 bits per heavy atom. The first kappa shape index (κ1) is 10.2. The Morgan fingerprint density at radius 2 is 2.18 bits per heavy atom. The highest BCUT2D eigenvalue weighted by molar-refractivity contribution is 7.07. The van der Waals surface area contributed by atoms with Crippen molar-refractivity contribution in [1.82, 2.24) is 14.5 Å². The zero-order valence-corrected chi connectivity index (χ0v) is 9.94. The van der Waals surface area contributed by atoms with Crippen LogP contribution in [0, 0.1) is 6.92 Å². The lowest BCUT2D eigenvalue weighted by molar-refractivity contribution is 0.0958. The molecule has 3 rings (SSSR count). The SMILES string of the molecule is Cc1nc2ccccc2n1C(=O)c1cscn1. The van der Waals surface area contributed by atoms with E-state index in [4.69, 9.17) is 0 Å². The summed E-state index contributed by atoms with van der Waals surface area (Å²) in [6, 6.07) is 7.59. The molecule has 2 heterocycles. The fourth-order valence-corrected chi connectivity index (χ4v) is 2.36. The second-order valence-corrected chi connectivity index (χ2v) is 4.38. The fourth-order valence-electron chi connectivity index (χ4n) is 1.84. The van der Waals surface area contributed by atoms with E-state index in [0.29, 0.717) is 11.5 Å². The van der Waals surface area contributed by atoms with E-state index >= 15 is 0 Å². The maximum absolute atomic E-state index is 12.3. The average molecular weight is 243 g/mol. The number of hydrogen-bond donors (Lipinski definition) is 0. The van der Waals surface area contributed by atoms with Gasteiger partial charge >= 0.3 is 0 Å². The smallest absolute Gasteiger partial charge is 0.266 e. The van der Waals surface area contributed by atoms with Crippen LogP contribution in [-0.2, 0) is 0 Å². The zero-order chi connectivity index (χ0) is 11.8. The van der Waals surface area contributed by atoms with Crippen LogP contribution in [0.1, 0.15) is 16.3 Å². The number of carbonyl (C=O) groups excluding carboxylic acids is 1. The van der Waals surface area contributed by atoms with Gasteiger partial charge in [0.15, 0.2) is 0 Å². The molecule has 0 atom stereocenters. The Hall–Kier alpha value is -2.01. The summed E-state index contributed by atoms with van der Waals surface area (Å²) in [5.41, 5.74) is 3.76. The Balaban J connectivity index is 2.24. The van der Waals surface area contributed by atoms with Crippen molar-refractivity contribution < 1.29 is 4.79 Å². The van der Waals surface area contributed by atoms with E-state index in [1.807, 2.05) is 31.2 Å². The molecule has 0 radical (unpaired) electrons. The molecule has 0 fully saturated rings. The highest BCUT2D eigenvalue weighted by Gasteiger charge is 2.16. The van der Waals surface area contributed by atoms with Gasteiger partial charge in [0.25, 0.3) is 5.91 Å². The predicted molar refractivity (Wildman–Crippen MR) is 66.3 cm³/mol. The van der Waals surface area contributed by atoms with Gasteiger partial charge in [-0.05, 0) is 19.1 Å². The van der Waals surface area contributed by atoms with E-state index < -0.39 is 0 Å². The number of nitrogens with zero attached hydrogens (tertiary/aromatic N) is 3. The molecule has 0 saturated carbocycles. The van der Waals surface area contributed by atoms with Crippen LogP contribution in [0.5, 0.6) is 0 Å². The van der Waals surface area contributed by atoms with Gasteiger partial charge in [0, 0.05) is 5.38 Å². The number of hydrogen-bond acceptors (Lipinski definition) is 4. The van der Waals surface area contributed by atoms with Gasteiger partial charge in [-0.15, -0.1) is 11.3 Å². The molecule has 0 aliphatic rings. The number of aryl methyl sites for hydroxylation is 1. The molecule has 0 saturated heterocycles. The lowest BCUT2D eigenvalue weighted by Crippen LogP contribution is -2.13. The Morgan fingerprint density at radius 1 is 1.35 bits per heavy atom. The van der Waals surface area contributed by atoms with Gasteiger partial charge in [0.2, 0.25) is 0 Å². The molecule has 0 N–H and O–H groups in total. The van der Waals surface area contributed by atoms with Crippen LogP contribution in [-0.4, -0.2) is 20.4 Å². The molecule has 4 nitrogen and oxygen atoms in total. The van der Waals surface area contributed by atoms with Crippen LogP contribution >= 0.6 is 11.3 Å². The van der Waals surface area contributed by atoms with Gasteiger partial charge in [0.1, 0.15) is 11.5 Å². The van der Waals surface area contributed by atoms with Gasteiger partial charge in [-0.3, -0.25) is 9.36 Å². The van der Waals surface area contributed by atoms with Crippen molar-refractivity contribution in [2.24, 2.45) is 0 Å². The van der Waals surface area contributed by atoms with E-state index in [2.05, 4.69) is 9.97 Å². The Labute approximate surface area is 102 Å². The number of rotatable bonds is 1. The fraction of sp³-hybridized carbons (Fsp3) is 0.0833. The molecule has 0 aliphatic carbocycles. The van der Waals surface area contributed by atoms with Gasteiger partial charge in [-0.1, -0.05) is 12.1 Å². The summed E-state index contributed by atoms with van der Waals surface area (Å²) >= 11 is 1.41. The number of thiazole rings is 1. The Kier molecular flexibility index (Phi) is 2.26. The van der Waals surface area contributed by atoms with E-state index in [9.17, 15) is 4.79 Å². The molecule has 84 valence electrons. The number of fused-ring (bicyclic) bond motifs is 1. The molecule has 0 bridgehead atoms. The summed E-state index contributed by atoms with van der Waals surface area (Å²) in [6.07, 6.45) is 0. The van der Waals surface area contributed by atoms with Crippen LogP contribution in [0.3, 0.4) is 0 Å². The van der Waals surface area contributed by atoms with E-state index in [1.165, 1.54) is 11.3 Å². The first-order valence-corrected chi connectivity index (χ1v) is 6.08. The number of para-hydroxylation sites is 2. The molecule has 0 unspecified atom stereocenters. The van der Waals surface area contributed by atoms with Gasteiger partial charge < -0.3 is 0 Å². The third kappa shape index (κ3) is 1.55. The molecule has 1 aromatic carbocycles. The van der Waals surface area contributed by atoms with Crippen molar-refractivity contribution in [3.05, 3.63) is 46.7 Å². The van der Waals surface area contributed by atoms with Crippen LogP contribution in [0.2, 0.25) is 0 Å². The molecule has 0 aliphatic heterocycles. The van der Waals surface area contributed by atoms with E-state index in [1.54, 1.807) is 15.5 Å². The minimum atomic E-state index is -0.127. The normalized spacial score (nSPS) is 10.9. The largest absolute Gasteiger partial charge is 0.283 e. The maximum atomic E-state index is 12.3. The molecular weight excluding hydrogens is 234 g/mol. The van der Waals surface area contributed by atoms with Crippen molar-refractivity contribution in [1.29, 1.82) is 0 Å². The number of benzene rings is 1. The highest BCUT2D eigenvalue weighted by atomic mass is 32.1. The second-order valence-electron chi connectivity index (χ2n) is 3.66. The van der Waals surface area contributed by atoms with Crippen LogP contribution < -0.4 is 0 Å². The molecule has 5 heteroatoms. The highest BCUT2D eigenvalue weighted by Crippen LogP contribution is 2.17. The van der Waals surface area contributed by atoms with Gasteiger partial charge in [-0.2, -0.15) is 0 Å². The average Bonchev–Trinajstić information content (AvgIpc) is 2.94. The molecular formula is C12H9N3OS. The van der Waals surface area contributed by atoms with E-state index in [-0.39, 0.29) is 5.91 Å². The van der Waals surface area contributed by atoms with Crippen molar-refractivity contribution in [3.63, 3.8) is 0 Å². The number of aromatic nitrogens is 3. The minimum absolute atomic E-state index is 0.127. The van der Waals surface area contributed by atoms with Crippen LogP contribution in [0.15, 0.2) is 35.2 Å². The summed E-state index contributed by atoms with van der Waals surface area (Å²) in [6.45, 7) is 1.82. The zero-order valence-electron chi connectivity index (χ0n) is 9.12. The quantitative estimate of drug-likeness (QED) is 0.659. The Bertz CT molecular complexity index is 685. The number of carbonyl (C=O) groups is 1. The first-order chi connectivity index (χ1) is 8.27.